The third-order valence-corrected chi connectivity index (χ3v) is 6.26. The topological polar surface area (TPSA) is 54.5 Å². The van der Waals surface area contributed by atoms with Crippen LogP contribution in [-0.2, 0) is 4.79 Å². The second-order valence-corrected chi connectivity index (χ2v) is 8.29. The molecule has 4 rings (SSSR count). The lowest BCUT2D eigenvalue weighted by Crippen LogP contribution is -2.41. The van der Waals surface area contributed by atoms with E-state index in [1.807, 2.05) is 35.3 Å². The van der Waals surface area contributed by atoms with E-state index in [0.717, 1.165) is 10.2 Å². The average Bonchev–Trinajstić information content (AvgIpc) is 3.23. The molecule has 11 heteroatoms. The van der Waals surface area contributed by atoms with Crippen LogP contribution in [0.4, 0.5) is 32.8 Å². The number of fused-ring (bicyclic) bond motifs is 1. The smallest absolute Gasteiger partial charge is 0.229 e. The number of piperidine rings is 1. The molecule has 0 saturated carbocycles. The highest BCUT2D eigenvalue weighted by Crippen LogP contribution is 2.34. The Balaban J connectivity index is 1.52. The van der Waals surface area contributed by atoms with E-state index >= 15 is 0 Å². The van der Waals surface area contributed by atoms with Gasteiger partial charge in [-0.3, -0.25) is 4.79 Å². The number of amides is 1. The monoisotopic (exact) mass is 471 g/mol. The first-order valence-corrected chi connectivity index (χ1v) is 10.7. The Labute approximate surface area is 183 Å². The van der Waals surface area contributed by atoms with Crippen molar-refractivity contribution in [1.82, 2.24) is 4.98 Å². The molecule has 0 spiro atoms. The van der Waals surface area contributed by atoms with Gasteiger partial charge in [0, 0.05) is 13.1 Å². The molecule has 2 aromatic carbocycles. The molecule has 1 aliphatic heterocycles. The predicted octanol–water partition coefficient (Wildman–Crippen LogP) is 5.25. The highest BCUT2D eigenvalue weighted by molar-refractivity contribution is 7.22. The van der Waals surface area contributed by atoms with Crippen molar-refractivity contribution in [3.05, 3.63) is 47.3 Å². The summed E-state index contributed by atoms with van der Waals surface area (Å²) in [6, 6.07) is 5.51. The lowest BCUT2D eigenvalue weighted by molar-refractivity contribution is -0.120. The number of anilines is 2. The predicted molar refractivity (Wildman–Crippen MR) is 111 cm³/mol. The Morgan fingerprint density at radius 2 is 1.84 bits per heavy atom. The van der Waals surface area contributed by atoms with Gasteiger partial charge in [-0.25, -0.2) is 26.9 Å². The number of carbonyl (C=O) groups excluding carboxylic acids is 1. The van der Waals surface area contributed by atoms with Crippen LogP contribution in [0.15, 0.2) is 18.2 Å². The second-order valence-electron chi connectivity index (χ2n) is 7.28. The largest absolute Gasteiger partial charge is 0.494 e. The van der Waals surface area contributed by atoms with E-state index in [1.54, 1.807) is 0 Å². The molecule has 3 aromatic rings. The fraction of sp³-hybridized carbons (Fsp3) is 0.333. The number of ether oxygens (including phenoxy) is 1. The van der Waals surface area contributed by atoms with Crippen molar-refractivity contribution in [1.29, 1.82) is 0 Å². The Bertz CT molecular complexity index is 1160. The van der Waals surface area contributed by atoms with Gasteiger partial charge >= 0.3 is 0 Å². The van der Waals surface area contributed by atoms with Crippen LogP contribution in [0.5, 0.6) is 5.75 Å². The lowest BCUT2D eigenvalue weighted by Gasteiger charge is -2.31. The van der Waals surface area contributed by atoms with Gasteiger partial charge in [0.1, 0.15) is 11.4 Å². The average molecular weight is 471 g/mol. The second kappa shape index (κ2) is 8.89. The molecule has 2 heterocycles. The summed E-state index contributed by atoms with van der Waals surface area (Å²) < 4.78 is 74.3. The van der Waals surface area contributed by atoms with E-state index < -0.39 is 46.6 Å². The van der Waals surface area contributed by atoms with E-state index in [2.05, 4.69) is 4.98 Å². The molecule has 5 nitrogen and oxygen atoms in total. The first-order chi connectivity index (χ1) is 15.3. The van der Waals surface area contributed by atoms with Gasteiger partial charge in [0.05, 0.1) is 22.7 Å². The molecule has 0 aliphatic carbocycles. The van der Waals surface area contributed by atoms with Gasteiger partial charge in [0.15, 0.2) is 28.4 Å². The molecule has 1 amide bonds. The summed E-state index contributed by atoms with van der Waals surface area (Å²) in [6.45, 7) is 3.22. The summed E-state index contributed by atoms with van der Waals surface area (Å²) in [6.07, 6.45) is 0.992. The molecule has 1 saturated heterocycles. The van der Waals surface area contributed by atoms with Gasteiger partial charge < -0.3 is 15.0 Å². The van der Waals surface area contributed by atoms with Gasteiger partial charge in [0.2, 0.25) is 11.7 Å². The minimum absolute atomic E-state index is 0.194. The number of thiazole rings is 1. The maximum absolute atomic E-state index is 13.9. The van der Waals surface area contributed by atoms with Crippen LogP contribution in [-0.4, -0.2) is 30.6 Å². The minimum atomic E-state index is -2.27. The van der Waals surface area contributed by atoms with E-state index in [1.165, 1.54) is 11.3 Å². The minimum Gasteiger partial charge on any atom is -0.494 e. The summed E-state index contributed by atoms with van der Waals surface area (Å²) in [5.74, 6) is -11.4. The quantitative estimate of drug-likeness (QED) is 0.314. The van der Waals surface area contributed by atoms with Gasteiger partial charge in [-0.1, -0.05) is 11.3 Å². The fourth-order valence-corrected chi connectivity index (χ4v) is 4.62. The highest BCUT2D eigenvalue weighted by Gasteiger charge is 2.31. The van der Waals surface area contributed by atoms with Crippen LogP contribution in [0, 0.1) is 35.0 Å². The van der Waals surface area contributed by atoms with Gasteiger partial charge in [-0.15, -0.1) is 0 Å². The van der Waals surface area contributed by atoms with Gasteiger partial charge in [-0.2, -0.15) is 0 Å². The molecular weight excluding hydrogens is 453 g/mol. The van der Waals surface area contributed by atoms with Crippen molar-refractivity contribution in [2.24, 2.45) is 5.92 Å². The number of nitrogens with zero attached hydrogens (tertiary/aromatic N) is 2. The van der Waals surface area contributed by atoms with Gasteiger partial charge in [-0.05, 0) is 38.0 Å². The third-order valence-electron chi connectivity index (χ3n) is 5.18. The van der Waals surface area contributed by atoms with Crippen molar-refractivity contribution < 1.29 is 31.5 Å². The summed E-state index contributed by atoms with van der Waals surface area (Å²) in [4.78, 5) is 19.0. The van der Waals surface area contributed by atoms with Gasteiger partial charge in [0.25, 0.3) is 0 Å². The van der Waals surface area contributed by atoms with Crippen LogP contribution in [0.2, 0.25) is 0 Å². The fourth-order valence-electron chi connectivity index (χ4n) is 3.59. The zero-order valence-electron chi connectivity index (χ0n) is 16.9. The molecule has 1 fully saturated rings. The van der Waals surface area contributed by atoms with Crippen LogP contribution in [0.3, 0.4) is 0 Å². The van der Waals surface area contributed by atoms with E-state index in [9.17, 15) is 26.7 Å². The maximum Gasteiger partial charge on any atom is 0.229 e. The molecule has 0 bridgehead atoms. The molecule has 32 heavy (non-hydrogen) atoms. The first-order valence-electron chi connectivity index (χ1n) is 9.90. The highest BCUT2D eigenvalue weighted by atomic mass is 32.1. The Morgan fingerprint density at radius 1 is 1.16 bits per heavy atom. The molecule has 1 aromatic heterocycles. The number of hydrogen-bond donors (Lipinski definition) is 1. The summed E-state index contributed by atoms with van der Waals surface area (Å²) >= 11 is 1.41. The van der Waals surface area contributed by atoms with E-state index in [4.69, 9.17) is 4.74 Å². The zero-order valence-corrected chi connectivity index (χ0v) is 17.7. The van der Waals surface area contributed by atoms with Crippen molar-refractivity contribution in [3.8, 4) is 5.75 Å². The Hall–Kier alpha value is -2.95. The molecule has 1 N–H and O–H groups in total. The van der Waals surface area contributed by atoms with Crippen molar-refractivity contribution in [3.63, 3.8) is 0 Å². The Kier molecular flexibility index (Phi) is 6.18. The molecule has 0 radical (unpaired) electrons. The van der Waals surface area contributed by atoms with Crippen LogP contribution < -0.4 is 15.0 Å². The summed E-state index contributed by atoms with van der Waals surface area (Å²) in [5, 5.41) is 2.55. The van der Waals surface area contributed by atoms with Crippen LogP contribution >= 0.6 is 11.3 Å². The number of aromatic nitrogens is 1. The number of benzene rings is 2. The molecule has 170 valence electrons. The molecule has 1 atom stereocenters. The van der Waals surface area contributed by atoms with Crippen LogP contribution in [0.25, 0.3) is 10.2 Å². The van der Waals surface area contributed by atoms with Crippen molar-refractivity contribution in [2.45, 2.75) is 19.8 Å². The van der Waals surface area contributed by atoms with E-state index in [0.29, 0.717) is 36.9 Å². The number of nitrogens with one attached hydrogen (secondary N) is 1. The standard InChI is InChI=1S/C21H18F5N3O2S/c1-2-31-11-5-6-12-13(8-11)32-21(27-12)29-7-3-4-10(9-29)20(30)28-19-17(25)15(23)14(22)16(24)18(19)26/h5-6,8,10H,2-4,7,9H2,1H3,(H,28,30)/t10-/m0/s1. The maximum atomic E-state index is 13.9. The van der Waals surface area contributed by atoms with Crippen molar-refractivity contribution >= 4 is 38.3 Å². The van der Waals surface area contributed by atoms with Crippen LogP contribution in [0.1, 0.15) is 19.8 Å². The summed E-state index contributed by atoms with van der Waals surface area (Å²) in [5.41, 5.74) is -0.576. The Morgan fingerprint density at radius 3 is 2.53 bits per heavy atom. The normalized spacial score (nSPS) is 16.4. The SMILES string of the molecule is CCOc1ccc2nc(N3CCC[C@H](C(=O)Nc4c(F)c(F)c(F)c(F)c4F)C3)sc2c1. The molecule has 0 unspecified atom stereocenters. The number of hydrogen-bond acceptors (Lipinski definition) is 5. The van der Waals surface area contributed by atoms with E-state index in [-0.39, 0.29) is 6.54 Å². The summed E-state index contributed by atoms with van der Waals surface area (Å²) in [7, 11) is 0. The number of rotatable bonds is 5. The third kappa shape index (κ3) is 4.08. The molecule has 1 aliphatic rings. The zero-order chi connectivity index (χ0) is 23.0. The molecular formula is C21H18F5N3O2S. The number of carbonyl (C=O) groups is 1. The van der Waals surface area contributed by atoms with Crippen molar-refractivity contribution in [2.75, 3.05) is 29.9 Å². The first kappa shape index (κ1) is 22.3. The lowest BCUT2D eigenvalue weighted by atomic mass is 9.97. The number of halogens is 5.